The fraction of sp³-hybridized carbons (Fsp3) is 0.0385. The summed E-state index contributed by atoms with van der Waals surface area (Å²) >= 11 is 13.8. The van der Waals surface area contributed by atoms with Crippen molar-refractivity contribution in [1.82, 2.24) is 0 Å². The first-order valence-electron chi connectivity index (χ1n) is 10.1. The molecule has 1 N–H and O–H groups in total. The van der Waals surface area contributed by atoms with E-state index in [0.29, 0.717) is 32.9 Å². The van der Waals surface area contributed by atoms with Gasteiger partial charge < -0.3 is 14.5 Å². The monoisotopic (exact) mass is 493 g/mol. The van der Waals surface area contributed by atoms with E-state index in [-0.39, 0.29) is 12.4 Å². The Morgan fingerprint density at radius 2 is 1.82 bits per heavy atom. The number of halogens is 2. The van der Waals surface area contributed by atoms with E-state index in [1.807, 2.05) is 36.4 Å². The van der Waals surface area contributed by atoms with Gasteiger partial charge in [-0.2, -0.15) is 0 Å². The van der Waals surface area contributed by atoms with Gasteiger partial charge in [-0.05, 0) is 66.7 Å². The number of rotatable bonds is 6. The van der Waals surface area contributed by atoms with Crippen molar-refractivity contribution in [3.05, 3.63) is 106 Å². The van der Waals surface area contributed by atoms with E-state index in [1.165, 1.54) is 11.0 Å². The standard InChI is InChI=1S/C26H17Cl2NO3S/c27-19-4-3-6-23(26(19)28)31-15-18-10-9-17(32-18)11-12-22(30)16-8-13-25-21(14-16)29-20-5-1-2-7-24(20)33-25/h1-14,29H,15H2/b12-11+. The van der Waals surface area contributed by atoms with Crippen molar-refractivity contribution < 1.29 is 13.9 Å². The average molecular weight is 494 g/mol. The predicted octanol–water partition coefficient (Wildman–Crippen LogP) is 8.27. The van der Waals surface area contributed by atoms with Crippen molar-refractivity contribution in [1.29, 1.82) is 0 Å². The summed E-state index contributed by atoms with van der Waals surface area (Å²) in [6.45, 7) is 0.192. The third kappa shape index (κ3) is 4.81. The molecule has 0 atom stereocenters. The zero-order valence-electron chi connectivity index (χ0n) is 17.2. The Morgan fingerprint density at radius 1 is 0.970 bits per heavy atom. The quantitative estimate of drug-likeness (QED) is 0.190. The zero-order valence-corrected chi connectivity index (χ0v) is 19.5. The lowest BCUT2D eigenvalue weighted by Crippen LogP contribution is -2.02. The van der Waals surface area contributed by atoms with Gasteiger partial charge in [-0.3, -0.25) is 4.79 Å². The molecule has 5 rings (SSSR count). The molecular formula is C26H17Cl2NO3S. The van der Waals surface area contributed by atoms with Crippen molar-refractivity contribution >= 4 is 58.2 Å². The van der Waals surface area contributed by atoms with Crippen LogP contribution in [0.1, 0.15) is 21.9 Å². The molecule has 1 aliphatic heterocycles. The summed E-state index contributed by atoms with van der Waals surface area (Å²) in [5.41, 5.74) is 2.57. The summed E-state index contributed by atoms with van der Waals surface area (Å²) in [5.74, 6) is 1.53. The third-order valence-corrected chi connectivity index (χ3v) is 6.96. The van der Waals surface area contributed by atoms with Gasteiger partial charge in [0.2, 0.25) is 0 Å². The van der Waals surface area contributed by atoms with Crippen LogP contribution in [-0.2, 0) is 6.61 Å². The normalized spacial score (nSPS) is 12.2. The van der Waals surface area contributed by atoms with Crippen LogP contribution >= 0.6 is 35.0 Å². The first kappa shape index (κ1) is 21.7. The Labute approximate surface area is 205 Å². The number of fused-ring (bicyclic) bond motifs is 2. The molecule has 2 heterocycles. The number of ketones is 1. The highest BCUT2D eigenvalue weighted by atomic mass is 35.5. The number of hydrogen-bond donors (Lipinski definition) is 1. The number of furan rings is 1. The van der Waals surface area contributed by atoms with Crippen LogP contribution in [0.5, 0.6) is 5.75 Å². The first-order valence-corrected chi connectivity index (χ1v) is 11.7. The SMILES string of the molecule is O=C(/C=C/c1ccc(COc2cccc(Cl)c2Cl)o1)c1ccc2c(c1)Nc1ccccc1S2. The molecule has 4 aromatic rings. The van der Waals surface area contributed by atoms with Gasteiger partial charge in [-0.25, -0.2) is 0 Å². The van der Waals surface area contributed by atoms with Crippen LogP contribution in [-0.4, -0.2) is 5.78 Å². The van der Waals surface area contributed by atoms with Crippen LogP contribution in [0.4, 0.5) is 11.4 Å². The fourth-order valence-electron chi connectivity index (χ4n) is 3.35. The van der Waals surface area contributed by atoms with Gasteiger partial charge in [0, 0.05) is 15.4 Å². The molecule has 7 heteroatoms. The number of nitrogens with one attached hydrogen (secondary N) is 1. The van der Waals surface area contributed by atoms with Crippen molar-refractivity contribution in [2.75, 3.05) is 5.32 Å². The second-order valence-electron chi connectivity index (χ2n) is 7.28. The van der Waals surface area contributed by atoms with Gasteiger partial charge in [0.1, 0.15) is 28.9 Å². The van der Waals surface area contributed by atoms with Crippen LogP contribution in [0.25, 0.3) is 6.08 Å². The summed E-state index contributed by atoms with van der Waals surface area (Å²) in [6, 6.07) is 22.5. The molecule has 3 aromatic carbocycles. The van der Waals surface area contributed by atoms with E-state index in [2.05, 4.69) is 11.4 Å². The van der Waals surface area contributed by atoms with Crippen molar-refractivity contribution in [2.45, 2.75) is 16.4 Å². The molecule has 0 spiro atoms. The van der Waals surface area contributed by atoms with E-state index >= 15 is 0 Å². The van der Waals surface area contributed by atoms with Gasteiger partial charge in [0.05, 0.1) is 16.4 Å². The molecule has 0 unspecified atom stereocenters. The molecule has 164 valence electrons. The molecule has 0 fully saturated rings. The molecule has 0 amide bonds. The number of allylic oxidation sites excluding steroid dienone is 1. The first-order chi connectivity index (χ1) is 16.1. The lowest BCUT2D eigenvalue weighted by atomic mass is 10.1. The topological polar surface area (TPSA) is 51.5 Å². The van der Waals surface area contributed by atoms with Gasteiger partial charge in [0.15, 0.2) is 5.78 Å². The Morgan fingerprint density at radius 3 is 2.73 bits per heavy atom. The second kappa shape index (κ2) is 9.40. The van der Waals surface area contributed by atoms with Crippen LogP contribution in [0.2, 0.25) is 10.0 Å². The largest absolute Gasteiger partial charge is 0.484 e. The molecule has 0 saturated carbocycles. The van der Waals surface area contributed by atoms with E-state index < -0.39 is 0 Å². The van der Waals surface area contributed by atoms with Gasteiger partial charge in [-0.15, -0.1) is 0 Å². The summed E-state index contributed by atoms with van der Waals surface area (Å²) in [7, 11) is 0. The molecular weight excluding hydrogens is 477 g/mol. The maximum absolute atomic E-state index is 12.7. The van der Waals surface area contributed by atoms with Crippen molar-refractivity contribution in [3.63, 3.8) is 0 Å². The maximum atomic E-state index is 12.7. The lowest BCUT2D eigenvalue weighted by Gasteiger charge is -2.20. The molecule has 1 aromatic heterocycles. The summed E-state index contributed by atoms with van der Waals surface area (Å²) in [6.07, 6.45) is 3.15. The minimum absolute atomic E-state index is 0.108. The molecule has 1 aliphatic rings. The van der Waals surface area contributed by atoms with Crippen LogP contribution in [0.3, 0.4) is 0 Å². The van der Waals surface area contributed by atoms with Gasteiger partial charge >= 0.3 is 0 Å². The highest BCUT2D eigenvalue weighted by Crippen LogP contribution is 2.44. The van der Waals surface area contributed by atoms with E-state index in [0.717, 1.165) is 16.3 Å². The predicted molar refractivity (Wildman–Crippen MR) is 133 cm³/mol. The number of ether oxygens (including phenoxy) is 1. The average Bonchev–Trinajstić information content (AvgIpc) is 3.29. The number of anilines is 2. The third-order valence-electron chi connectivity index (χ3n) is 5.01. The minimum atomic E-state index is -0.108. The van der Waals surface area contributed by atoms with Crippen LogP contribution in [0.15, 0.2) is 93.1 Å². The Kier molecular flexibility index (Phi) is 6.18. The highest BCUT2D eigenvalue weighted by Gasteiger charge is 2.16. The van der Waals surface area contributed by atoms with Crippen LogP contribution < -0.4 is 10.1 Å². The van der Waals surface area contributed by atoms with Gasteiger partial charge in [0.25, 0.3) is 0 Å². The van der Waals surface area contributed by atoms with E-state index in [1.54, 1.807) is 48.2 Å². The molecule has 4 nitrogen and oxygen atoms in total. The summed E-state index contributed by atoms with van der Waals surface area (Å²) in [4.78, 5) is 15.0. The number of carbonyl (C=O) groups is 1. The number of benzene rings is 3. The Balaban J connectivity index is 1.24. The maximum Gasteiger partial charge on any atom is 0.186 e. The molecule has 33 heavy (non-hydrogen) atoms. The fourth-order valence-corrected chi connectivity index (χ4v) is 4.67. The molecule has 0 radical (unpaired) electrons. The lowest BCUT2D eigenvalue weighted by molar-refractivity contribution is 0.104. The highest BCUT2D eigenvalue weighted by molar-refractivity contribution is 7.99. The Hall–Kier alpha value is -3.12. The smallest absolute Gasteiger partial charge is 0.186 e. The van der Waals surface area contributed by atoms with Gasteiger partial charge in [-0.1, -0.05) is 53.2 Å². The number of carbonyl (C=O) groups excluding carboxylic acids is 1. The van der Waals surface area contributed by atoms with E-state index in [4.69, 9.17) is 32.4 Å². The van der Waals surface area contributed by atoms with Crippen molar-refractivity contribution in [3.8, 4) is 5.75 Å². The minimum Gasteiger partial charge on any atom is -0.484 e. The second-order valence-corrected chi connectivity index (χ2v) is 9.15. The molecule has 0 aliphatic carbocycles. The molecule has 0 bridgehead atoms. The zero-order chi connectivity index (χ0) is 22.8. The van der Waals surface area contributed by atoms with E-state index in [9.17, 15) is 4.79 Å². The summed E-state index contributed by atoms with van der Waals surface area (Å²) in [5, 5.41) is 4.19. The van der Waals surface area contributed by atoms with Crippen molar-refractivity contribution in [2.24, 2.45) is 0 Å². The Bertz CT molecular complexity index is 1380. The number of para-hydroxylation sites is 1. The number of hydrogen-bond acceptors (Lipinski definition) is 5. The van der Waals surface area contributed by atoms with Crippen LogP contribution in [0, 0.1) is 0 Å². The molecule has 0 saturated heterocycles. The summed E-state index contributed by atoms with van der Waals surface area (Å²) < 4.78 is 11.4.